The van der Waals surface area contributed by atoms with E-state index in [1.165, 1.54) is 18.2 Å². The van der Waals surface area contributed by atoms with Crippen LogP contribution in [-0.4, -0.2) is 41.6 Å². The van der Waals surface area contributed by atoms with Crippen LogP contribution in [0.3, 0.4) is 0 Å². The first-order valence-electron chi connectivity index (χ1n) is 6.62. The topological polar surface area (TPSA) is 52.6 Å². The van der Waals surface area contributed by atoms with Crippen molar-refractivity contribution in [2.75, 3.05) is 19.6 Å². The molecule has 1 aliphatic rings. The number of halogens is 1. The van der Waals surface area contributed by atoms with E-state index in [4.69, 9.17) is 11.6 Å². The Balaban J connectivity index is 2.02. The molecular formula is C14H19ClN2O2. The maximum absolute atomic E-state index is 12.2. The van der Waals surface area contributed by atoms with Crippen LogP contribution in [0.4, 0.5) is 0 Å². The second-order valence-corrected chi connectivity index (χ2v) is 5.28. The van der Waals surface area contributed by atoms with Gasteiger partial charge in [0.25, 0.3) is 5.91 Å². The number of benzene rings is 1. The molecule has 2 rings (SSSR count). The van der Waals surface area contributed by atoms with Gasteiger partial charge in [-0.05, 0) is 44.1 Å². The van der Waals surface area contributed by atoms with Crippen LogP contribution in [0.1, 0.15) is 30.1 Å². The fourth-order valence-corrected chi connectivity index (χ4v) is 2.61. The third-order valence-electron chi connectivity index (χ3n) is 3.48. The van der Waals surface area contributed by atoms with E-state index >= 15 is 0 Å². The summed E-state index contributed by atoms with van der Waals surface area (Å²) in [5.41, 5.74) is 0.329. The number of nitrogens with one attached hydrogen (secondary N) is 1. The molecular weight excluding hydrogens is 264 g/mol. The molecule has 4 nitrogen and oxygen atoms in total. The number of carbonyl (C=O) groups excluding carboxylic acids is 1. The zero-order valence-electron chi connectivity index (χ0n) is 11.0. The maximum atomic E-state index is 12.2. The minimum absolute atomic E-state index is 0.0494. The molecule has 0 saturated carbocycles. The van der Waals surface area contributed by atoms with Crippen LogP contribution >= 0.6 is 11.6 Å². The number of amides is 1. The summed E-state index contributed by atoms with van der Waals surface area (Å²) < 4.78 is 0. The van der Waals surface area contributed by atoms with Crippen molar-refractivity contribution in [1.29, 1.82) is 0 Å². The zero-order valence-corrected chi connectivity index (χ0v) is 11.8. The highest BCUT2D eigenvalue weighted by atomic mass is 35.5. The van der Waals surface area contributed by atoms with Gasteiger partial charge in [-0.25, -0.2) is 0 Å². The van der Waals surface area contributed by atoms with Crippen molar-refractivity contribution in [3.63, 3.8) is 0 Å². The van der Waals surface area contributed by atoms with E-state index in [1.54, 1.807) is 0 Å². The van der Waals surface area contributed by atoms with Gasteiger partial charge in [-0.1, -0.05) is 18.5 Å². The number of likely N-dealkylation sites (N-methyl/N-ethyl adjacent to an activating group) is 1. The Morgan fingerprint density at radius 2 is 2.37 bits per heavy atom. The van der Waals surface area contributed by atoms with E-state index in [2.05, 4.69) is 17.1 Å². The molecule has 0 radical (unpaired) electrons. The van der Waals surface area contributed by atoms with Gasteiger partial charge in [0.05, 0.1) is 10.6 Å². The van der Waals surface area contributed by atoms with Gasteiger partial charge in [0, 0.05) is 12.6 Å². The molecule has 0 aromatic heterocycles. The van der Waals surface area contributed by atoms with Crippen molar-refractivity contribution in [2.24, 2.45) is 0 Å². The highest BCUT2D eigenvalue weighted by molar-refractivity contribution is 6.33. The molecule has 1 heterocycles. The standard InChI is InChI=1S/C14H19ClN2O2/c1-2-17-7-3-4-10(9-17)16-14(19)12-8-11(18)5-6-13(12)15/h5-6,8,10,18H,2-4,7,9H2,1H3,(H,16,19). The number of piperidine rings is 1. The smallest absolute Gasteiger partial charge is 0.253 e. The van der Waals surface area contributed by atoms with Crippen LogP contribution in [0.5, 0.6) is 5.75 Å². The van der Waals surface area contributed by atoms with E-state index in [-0.39, 0.29) is 17.7 Å². The minimum Gasteiger partial charge on any atom is -0.508 e. The molecule has 104 valence electrons. The number of aromatic hydroxyl groups is 1. The number of nitrogens with zero attached hydrogens (tertiary/aromatic N) is 1. The fraction of sp³-hybridized carbons (Fsp3) is 0.500. The molecule has 0 aliphatic carbocycles. The van der Waals surface area contributed by atoms with Crippen molar-refractivity contribution in [3.05, 3.63) is 28.8 Å². The summed E-state index contributed by atoms with van der Waals surface area (Å²) in [6, 6.07) is 4.56. The molecule has 1 aromatic rings. The van der Waals surface area contributed by atoms with Crippen LogP contribution in [0.25, 0.3) is 0 Å². The first-order valence-corrected chi connectivity index (χ1v) is 6.99. The molecule has 1 aliphatic heterocycles. The third-order valence-corrected chi connectivity index (χ3v) is 3.81. The van der Waals surface area contributed by atoms with Gasteiger partial charge in [0.15, 0.2) is 0 Å². The summed E-state index contributed by atoms with van der Waals surface area (Å²) in [5, 5.41) is 12.8. The lowest BCUT2D eigenvalue weighted by molar-refractivity contribution is 0.0905. The average Bonchev–Trinajstić information content (AvgIpc) is 2.41. The SMILES string of the molecule is CCN1CCCC(NC(=O)c2cc(O)ccc2Cl)C1. The van der Waals surface area contributed by atoms with E-state index in [9.17, 15) is 9.90 Å². The summed E-state index contributed by atoms with van der Waals surface area (Å²) in [4.78, 5) is 14.5. The summed E-state index contributed by atoms with van der Waals surface area (Å²) in [6.07, 6.45) is 2.07. The van der Waals surface area contributed by atoms with Crippen molar-refractivity contribution in [1.82, 2.24) is 10.2 Å². The van der Waals surface area contributed by atoms with Gasteiger partial charge in [-0.3, -0.25) is 4.79 Å². The van der Waals surface area contributed by atoms with Gasteiger partial charge in [-0.15, -0.1) is 0 Å². The first kappa shape index (κ1) is 14.2. The lowest BCUT2D eigenvalue weighted by atomic mass is 10.1. The Morgan fingerprint density at radius 1 is 1.58 bits per heavy atom. The summed E-state index contributed by atoms with van der Waals surface area (Å²) in [5.74, 6) is -0.169. The number of hydrogen-bond donors (Lipinski definition) is 2. The molecule has 0 bridgehead atoms. The minimum atomic E-state index is -0.219. The van der Waals surface area contributed by atoms with Crippen molar-refractivity contribution in [2.45, 2.75) is 25.8 Å². The number of rotatable bonds is 3. The predicted octanol–water partition coefficient (Wildman–Crippen LogP) is 2.26. The van der Waals surface area contributed by atoms with E-state index in [0.29, 0.717) is 10.6 Å². The van der Waals surface area contributed by atoms with Gasteiger partial charge >= 0.3 is 0 Å². The highest BCUT2D eigenvalue weighted by Crippen LogP contribution is 2.21. The lowest BCUT2D eigenvalue weighted by Crippen LogP contribution is -2.47. The Labute approximate surface area is 118 Å². The zero-order chi connectivity index (χ0) is 13.8. The van der Waals surface area contributed by atoms with Crippen LogP contribution in [0.2, 0.25) is 5.02 Å². The molecule has 19 heavy (non-hydrogen) atoms. The number of likely N-dealkylation sites (tertiary alicyclic amines) is 1. The molecule has 1 fully saturated rings. The van der Waals surface area contributed by atoms with Crippen LogP contribution < -0.4 is 5.32 Å². The van der Waals surface area contributed by atoms with Crippen LogP contribution in [0, 0.1) is 0 Å². The molecule has 1 amide bonds. The molecule has 1 atom stereocenters. The first-order chi connectivity index (χ1) is 9.10. The number of phenolic OH excluding ortho intramolecular Hbond substituents is 1. The second-order valence-electron chi connectivity index (χ2n) is 4.87. The maximum Gasteiger partial charge on any atom is 0.253 e. The largest absolute Gasteiger partial charge is 0.508 e. The molecule has 5 heteroatoms. The Morgan fingerprint density at radius 3 is 3.11 bits per heavy atom. The van der Waals surface area contributed by atoms with Crippen molar-refractivity contribution in [3.8, 4) is 5.75 Å². The normalized spacial score (nSPS) is 20.2. The fourth-order valence-electron chi connectivity index (χ4n) is 2.41. The number of phenols is 1. The number of carbonyl (C=O) groups is 1. The van der Waals surface area contributed by atoms with Crippen molar-refractivity contribution >= 4 is 17.5 Å². The molecule has 2 N–H and O–H groups in total. The molecule has 1 aromatic carbocycles. The Kier molecular flexibility index (Phi) is 4.66. The lowest BCUT2D eigenvalue weighted by Gasteiger charge is -2.32. The summed E-state index contributed by atoms with van der Waals surface area (Å²) >= 11 is 5.98. The summed E-state index contributed by atoms with van der Waals surface area (Å²) in [6.45, 7) is 5.09. The van der Waals surface area contributed by atoms with Crippen LogP contribution in [-0.2, 0) is 0 Å². The van der Waals surface area contributed by atoms with Gasteiger partial charge < -0.3 is 15.3 Å². The molecule has 0 spiro atoms. The van der Waals surface area contributed by atoms with Gasteiger partial charge in [0.2, 0.25) is 0 Å². The highest BCUT2D eigenvalue weighted by Gasteiger charge is 2.21. The predicted molar refractivity (Wildman–Crippen MR) is 75.7 cm³/mol. The Bertz CT molecular complexity index is 465. The average molecular weight is 283 g/mol. The number of hydrogen-bond acceptors (Lipinski definition) is 3. The third kappa shape index (κ3) is 3.61. The second kappa shape index (κ2) is 6.26. The quantitative estimate of drug-likeness (QED) is 0.894. The molecule has 1 unspecified atom stereocenters. The van der Waals surface area contributed by atoms with Crippen LogP contribution in [0.15, 0.2) is 18.2 Å². The Hall–Kier alpha value is -1.26. The monoisotopic (exact) mass is 282 g/mol. The van der Waals surface area contributed by atoms with E-state index < -0.39 is 0 Å². The van der Waals surface area contributed by atoms with Crippen molar-refractivity contribution < 1.29 is 9.90 Å². The van der Waals surface area contributed by atoms with Gasteiger partial charge in [-0.2, -0.15) is 0 Å². The van der Waals surface area contributed by atoms with Gasteiger partial charge in [0.1, 0.15) is 5.75 Å². The molecule has 1 saturated heterocycles. The summed E-state index contributed by atoms with van der Waals surface area (Å²) in [7, 11) is 0. The van der Waals surface area contributed by atoms with E-state index in [1.807, 2.05) is 0 Å². The van der Waals surface area contributed by atoms with E-state index in [0.717, 1.165) is 32.5 Å².